The van der Waals surface area contributed by atoms with Crippen LogP contribution in [0.3, 0.4) is 0 Å². The van der Waals surface area contributed by atoms with Gasteiger partial charge in [0.2, 0.25) is 5.78 Å². The third kappa shape index (κ3) is 3.83. The number of amides is 1. The van der Waals surface area contributed by atoms with Gasteiger partial charge in [-0.1, -0.05) is 17.7 Å². The Morgan fingerprint density at radius 3 is 2.81 bits per heavy atom. The Labute approximate surface area is 189 Å². The van der Waals surface area contributed by atoms with Crippen LogP contribution in [0.4, 0.5) is 0 Å². The van der Waals surface area contributed by atoms with E-state index < -0.39 is 23.5 Å². The highest BCUT2D eigenvalue weighted by Gasteiger charge is 2.44. The zero-order valence-electron chi connectivity index (χ0n) is 17.5. The molecule has 8 nitrogen and oxygen atoms in total. The van der Waals surface area contributed by atoms with Crippen LogP contribution in [-0.4, -0.2) is 54.1 Å². The van der Waals surface area contributed by atoms with Crippen molar-refractivity contribution in [3.63, 3.8) is 0 Å². The molecule has 1 amide bonds. The number of aliphatic hydroxyl groups is 1. The maximum absolute atomic E-state index is 13.5. The molecule has 2 aromatic heterocycles. The van der Waals surface area contributed by atoms with Crippen LogP contribution in [0.2, 0.25) is 5.02 Å². The number of pyridine rings is 1. The molecule has 3 heterocycles. The first-order valence-electron chi connectivity index (χ1n) is 9.91. The van der Waals surface area contributed by atoms with Crippen molar-refractivity contribution in [2.45, 2.75) is 12.5 Å². The van der Waals surface area contributed by atoms with E-state index in [1.54, 1.807) is 43.8 Å². The maximum atomic E-state index is 13.5. The van der Waals surface area contributed by atoms with Crippen LogP contribution >= 0.6 is 11.6 Å². The van der Waals surface area contributed by atoms with Gasteiger partial charge in [0.1, 0.15) is 0 Å². The van der Waals surface area contributed by atoms with Gasteiger partial charge < -0.3 is 23.9 Å². The molecular weight excluding hydrogens is 436 g/mol. The van der Waals surface area contributed by atoms with Gasteiger partial charge in [0.05, 0.1) is 18.7 Å². The number of halogens is 1. The summed E-state index contributed by atoms with van der Waals surface area (Å²) in [6, 6.07) is 7.39. The molecule has 1 N–H and O–H groups in total. The zero-order chi connectivity index (χ0) is 22.8. The summed E-state index contributed by atoms with van der Waals surface area (Å²) in [5, 5.41) is 11.7. The van der Waals surface area contributed by atoms with Crippen molar-refractivity contribution in [2.75, 3.05) is 27.4 Å². The van der Waals surface area contributed by atoms with Crippen molar-refractivity contribution in [2.24, 2.45) is 0 Å². The smallest absolute Gasteiger partial charge is 0.290 e. The van der Waals surface area contributed by atoms with Gasteiger partial charge in [-0.2, -0.15) is 0 Å². The third-order valence-corrected chi connectivity index (χ3v) is 5.50. The lowest BCUT2D eigenvalue weighted by Gasteiger charge is -2.26. The highest BCUT2D eigenvalue weighted by atomic mass is 35.5. The Morgan fingerprint density at radius 1 is 1.31 bits per heavy atom. The lowest BCUT2D eigenvalue weighted by atomic mass is 9.96. The Bertz CT molecular complexity index is 1200. The van der Waals surface area contributed by atoms with Gasteiger partial charge in [0.25, 0.3) is 5.91 Å². The predicted octanol–water partition coefficient (Wildman–Crippen LogP) is 4.10. The fourth-order valence-corrected chi connectivity index (χ4v) is 4.08. The van der Waals surface area contributed by atoms with Crippen molar-refractivity contribution in [1.82, 2.24) is 9.88 Å². The number of aliphatic hydroxyl groups excluding tert-OH is 1. The number of furan rings is 1. The van der Waals surface area contributed by atoms with Gasteiger partial charge in [0, 0.05) is 49.1 Å². The summed E-state index contributed by atoms with van der Waals surface area (Å²) in [5.74, 6) is -1.50. The van der Waals surface area contributed by atoms with Gasteiger partial charge in [-0.05, 0) is 30.2 Å². The number of Topliss-reactive ketones (excluding diaryl/α,β-unsaturated/α-hetero) is 1. The first-order chi connectivity index (χ1) is 15.5. The summed E-state index contributed by atoms with van der Waals surface area (Å²) in [6.45, 7) is 0.717. The summed E-state index contributed by atoms with van der Waals surface area (Å²) >= 11 is 6.12. The van der Waals surface area contributed by atoms with Crippen molar-refractivity contribution in [1.29, 1.82) is 0 Å². The quantitative estimate of drug-likeness (QED) is 0.402. The average molecular weight is 457 g/mol. The van der Waals surface area contributed by atoms with Crippen LogP contribution in [0.5, 0.6) is 5.75 Å². The Kier molecular flexibility index (Phi) is 6.16. The SMILES string of the molecule is COCCCN1C(=O)C(O)=C(C(=O)c2cc3cc(Cl)cc(OC)c3o2)C1c1cccnc1. The molecule has 0 fully saturated rings. The van der Waals surface area contributed by atoms with Crippen LogP contribution in [-0.2, 0) is 9.53 Å². The first-order valence-corrected chi connectivity index (χ1v) is 10.3. The van der Waals surface area contributed by atoms with Gasteiger partial charge in [0.15, 0.2) is 22.9 Å². The number of carbonyl (C=O) groups is 2. The number of aromatic nitrogens is 1. The van der Waals surface area contributed by atoms with Crippen molar-refractivity contribution >= 4 is 34.3 Å². The Balaban J connectivity index is 1.78. The fraction of sp³-hybridized carbons (Fsp3) is 0.261. The van der Waals surface area contributed by atoms with Gasteiger partial charge in [-0.3, -0.25) is 14.6 Å². The molecule has 0 saturated heterocycles. The maximum Gasteiger partial charge on any atom is 0.290 e. The Morgan fingerprint density at radius 2 is 2.12 bits per heavy atom. The molecule has 1 aliphatic rings. The third-order valence-electron chi connectivity index (χ3n) is 5.29. The largest absolute Gasteiger partial charge is 0.503 e. The molecule has 3 aromatic rings. The number of hydrogen-bond acceptors (Lipinski definition) is 7. The highest BCUT2D eigenvalue weighted by molar-refractivity contribution is 6.31. The number of nitrogens with zero attached hydrogens (tertiary/aromatic N) is 2. The number of carbonyl (C=O) groups excluding carboxylic acids is 2. The van der Waals surface area contributed by atoms with Crippen molar-refractivity contribution < 1.29 is 28.6 Å². The molecule has 1 aliphatic heterocycles. The summed E-state index contributed by atoms with van der Waals surface area (Å²) in [4.78, 5) is 31.9. The first kappa shape index (κ1) is 21.9. The highest BCUT2D eigenvalue weighted by Crippen LogP contribution is 2.40. The van der Waals surface area contributed by atoms with Crippen LogP contribution < -0.4 is 4.74 Å². The molecule has 166 valence electrons. The second-order valence-electron chi connectivity index (χ2n) is 7.26. The van der Waals surface area contributed by atoms with E-state index in [4.69, 9.17) is 25.5 Å². The molecule has 0 spiro atoms. The molecule has 1 unspecified atom stereocenters. The van der Waals surface area contributed by atoms with E-state index in [0.717, 1.165) is 0 Å². The molecule has 0 bridgehead atoms. The standard InChI is InChI=1S/C23H21ClN2O6/c1-30-8-4-7-26-19(13-5-3-6-25-12-13)18(21(28)23(26)29)20(27)16-10-14-9-15(24)11-17(31-2)22(14)32-16/h3,5-6,9-12,19,28H,4,7-8H2,1-2H3. The van der Waals surface area contributed by atoms with Crippen molar-refractivity contribution in [3.05, 3.63) is 70.4 Å². The minimum Gasteiger partial charge on any atom is -0.503 e. The molecule has 1 atom stereocenters. The van der Waals surface area contributed by atoms with Crippen LogP contribution in [0.25, 0.3) is 11.0 Å². The lowest BCUT2D eigenvalue weighted by Crippen LogP contribution is -2.32. The van der Waals surface area contributed by atoms with E-state index in [0.29, 0.717) is 40.3 Å². The van der Waals surface area contributed by atoms with Crippen LogP contribution in [0.1, 0.15) is 28.6 Å². The molecule has 0 radical (unpaired) electrons. The van der Waals surface area contributed by atoms with Gasteiger partial charge in [-0.15, -0.1) is 0 Å². The second kappa shape index (κ2) is 9.02. The number of fused-ring (bicyclic) bond motifs is 1. The van der Waals surface area contributed by atoms with E-state index in [1.807, 2.05) is 0 Å². The normalized spacial score (nSPS) is 16.3. The van der Waals surface area contributed by atoms with E-state index in [-0.39, 0.29) is 17.9 Å². The van der Waals surface area contributed by atoms with E-state index in [9.17, 15) is 14.7 Å². The molecule has 1 aromatic carbocycles. The number of benzene rings is 1. The molecular formula is C23H21ClN2O6. The van der Waals surface area contributed by atoms with Crippen LogP contribution in [0.15, 0.2) is 58.5 Å². The molecule has 0 aliphatic carbocycles. The molecule has 32 heavy (non-hydrogen) atoms. The minimum atomic E-state index is -0.806. The monoisotopic (exact) mass is 456 g/mol. The summed E-state index contributed by atoms with van der Waals surface area (Å²) in [6.07, 6.45) is 3.69. The number of rotatable bonds is 8. The summed E-state index contributed by atoms with van der Waals surface area (Å²) in [7, 11) is 3.03. The number of ketones is 1. The van der Waals surface area contributed by atoms with E-state index in [1.165, 1.54) is 18.1 Å². The Hall–Kier alpha value is -3.36. The predicted molar refractivity (Wildman–Crippen MR) is 117 cm³/mol. The number of methoxy groups -OCH3 is 2. The number of hydrogen-bond donors (Lipinski definition) is 1. The molecule has 4 rings (SSSR count). The summed E-state index contributed by atoms with van der Waals surface area (Å²) in [5.41, 5.74) is 0.881. The molecule has 9 heteroatoms. The van der Waals surface area contributed by atoms with E-state index >= 15 is 0 Å². The van der Waals surface area contributed by atoms with Gasteiger partial charge in [-0.25, -0.2) is 0 Å². The second-order valence-corrected chi connectivity index (χ2v) is 7.70. The lowest BCUT2D eigenvalue weighted by molar-refractivity contribution is -0.129. The summed E-state index contributed by atoms with van der Waals surface area (Å²) < 4.78 is 16.2. The fourth-order valence-electron chi connectivity index (χ4n) is 3.86. The minimum absolute atomic E-state index is 0.0393. The van der Waals surface area contributed by atoms with Gasteiger partial charge >= 0.3 is 0 Å². The topological polar surface area (TPSA) is 102 Å². The zero-order valence-corrected chi connectivity index (χ0v) is 18.3. The number of ether oxygens (including phenoxy) is 2. The van der Waals surface area contributed by atoms with Crippen LogP contribution in [0, 0.1) is 0 Å². The molecule has 0 saturated carbocycles. The average Bonchev–Trinajstić information content (AvgIpc) is 3.33. The van der Waals surface area contributed by atoms with Crippen molar-refractivity contribution in [3.8, 4) is 5.75 Å². The van der Waals surface area contributed by atoms with E-state index in [2.05, 4.69) is 4.98 Å².